The Bertz CT molecular complexity index is 581. The highest BCUT2D eigenvalue weighted by atomic mass is 16.2. The number of nitrogens with zero attached hydrogens (tertiary/aromatic N) is 3. The minimum atomic E-state index is -0.0939. The molecule has 2 rings (SSSR count). The first-order valence-electron chi connectivity index (χ1n) is 5.94. The zero-order chi connectivity index (χ0) is 13.7. The van der Waals surface area contributed by atoms with E-state index in [1.165, 1.54) is 6.20 Å². The lowest BCUT2D eigenvalue weighted by Crippen LogP contribution is -2.29. The SMILES string of the molecule is CN(CCc1ccc[nH]1)C(=O)c1ccc(C#N)nc1. The van der Waals surface area contributed by atoms with Crippen LogP contribution in [0.2, 0.25) is 0 Å². The number of likely N-dealkylation sites (N-methyl/N-ethyl adjacent to an activating group) is 1. The van der Waals surface area contributed by atoms with Crippen molar-refractivity contribution < 1.29 is 4.79 Å². The van der Waals surface area contributed by atoms with Crippen molar-refractivity contribution in [2.75, 3.05) is 13.6 Å². The summed E-state index contributed by atoms with van der Waals surface area (Å²) in [6, 6.07) is 9.02. The van der Waals surface area contributed by atoms with Crippen LogP contribution in [0.15, 0.2) is 36.7 Å². The van der Waals surface area contributed by atoms with Crippen LogP contribution in [0, 0.1) is 11.3 Å². The lowest BCUT2D eigenvalue weighted by molar-refractivity contribution is 0.0796. The van der Waals surface area contributed by atoms with Gasteiger partial charge in [0, 0.05) is 38.1 Å². The Morgan fingerprint density at radius 1 is 1.47 bits per heavy atom. The second-order valence-electron chi connectivity index (χ2n) is 4.22. The molecule has 2 heterocycles. The Balaban J connectivity index is 1.96. The van der Waals surface area contributed by atoms with E-state index in [-0.39, 0.29) is 5.91 Å². The lowest BCUT2D eigenvalue weighted by atomic mass is 10.2. The molecule has 1 amide bonds. The normalized spacial score (nSPS) is 9.89. The summed E-state index contributed by atoms with van der Waals surface area (Å²) < 4.78 is 0. The first kappa shape index (κ1) is 12.8. The number of amides is 1. The predicted octanol–water partition coefficient (Wildman–Crippen LogP) is 1.60. The predicted molar refractivity (Wildman–Crippen MR) is 70.4 cm³/mol. The molecule has 19 heavy (non-hydrogen) atoms. The molecule has 5 nitrogen and oxygen atoms in total. The molecular formula is C14H14N4O. The average Bonchev–Trinajstić information content (AvgIpc) is 2.97. The van der Waals surface area contributed by atoms with Crippen LogP contribution in [0.4, 0.5) is 0 Å². The number of carbonyl (C=O) groups excluding carboxylic acids is 1. The standard InChI is InChI=1S/C14H14N4O/c1-18(8-6-12-3-2-7-16-12)14(19)11-4-5-13(9-15)17-10-11/h2-5,7,10,16H,6,8H2,1H3. The van der Waals surface area contributed by atoms with Crippen LogP contribution >= 0.6 is 0 Å². The summed E-state index contributed by atoms with van der Waals surface area (Å²) in [6.45, 7) is 0.624. The van der Waals surface area contributed by atoms with E-state index in [9.17, 15) is 4.79 Å². The molecule has 0 aromatic carbocycles. The number of hydrogen-bond acceptors (Lipinski definition) is 3. The summed E-state index contributed by atoms with van der Waals surface area (Å²) in [5.41, 5.74) is 1.90. The van der Waals surface area contributed by atoms with E-state index < -0.39 is 0 Å². The van der Waals surface area contributed by atoms with Gasteiger partial charge in [0.15, 0.2) is 0 Å². The molecule has 0 unspecified atom stereocenters. The first-order chi connectivity index (χ1) is 9.20. The number of pyridine rings is 1. The number of nitriles is 1. The summed E-state index contributed by atoms with van der Waals surface area (Å²) in [5, 5.41) is 8.65. The Morgan fingerprint density at radius 2 is 2.32 bits per heavy atom. The molecule has 0 aliphatic heterocycles. The van der Waals surface area contributed by atoms with Gasteiger partial charge in [0.25, 0.3) is 5.91 Å². The van der Waals surface area contributed by atoms with Crippen molar-refractivity contribution in [3.8, 4) is 6.07 Å². The molecular weight excluding hydrogens is 240 g/mol. The molecule has 0 radical (unpaired) electrons. The topological polar surface area (TPSA) is 72.8 Å². The summed E-state index contributed by atoms with van der Waals surface area (Å²) in [4.78, 5) is 20.7. The van der Waals surface area contributed by atoms with Gasteiger partial charge in [0.05, 0.1) is 5.56 Å². The first-order valence-corrected chi connectivity index (χ1v) is 5.94. The van der Waals surface area contributed by atoms with Crippen LogP contribution in [0.3, 0.4) is 0 Å². The number of carbonyl (C=O) groups is 1. The van der Waals surface area contributed by atoms with Crippen LogP contribution in [0.25, 0.3) is 0 Å². The van der Waals surface area contributed by atoms with E-state index in [0.717, 1.165) is 12.1 Å². The molecule has 1 N–H and O–H groups in total. The molecule has 5 heteroatoms. The molecule has 0 fully saturated rings. The summed E-state index contributed by atoms with van der Waals surface area (Å²) in [7, 11) is 1.75. The molecule has 0 bridgehead atoms. The van der Waals surface area contributed by atoms with Crippen molar-refractivity contribution >= 4 is 5.91 Å². The van der Waals surface area contributed by atoms with Gasteiger partial charge >= 0.3 is 0 Å². The fourth-order valence-electron chi connectivity index (χ4n) is 1.72. The largest absolute Gasteiger partial charge is 0.365 e. The van der Waals surface area contributed by atoms with Crippen molar-refractivity contribution in [3.05, 3.63) is 53.6 Å². The number of aromatic amines is 1. The molecule has 0 aliphatic carbocycles. The minimum Gasteiger partial charge on any atom is -0.365 e. The molecule has 0 atom stereocenters. The number of aromatic nitrogens is 2. The van der Waals surface area contributed by atoms with Crippen LogP contribution in [-0.2, 0) is 6.42 Å². The van der Waals surface area contributed by atoms with Gasteiger partial charge < -0.3 is 9.88 Å². The van der Waals surface area contributed by atoms with Crippen molar-refractivity contribution in [3.63, 3.8) is 0 Å². The second-order valence-corrected chi connectivity index (χ2v) is 4.22. The summed E-state index contributed by atoms with van der Waals surface area (Å²) >= 11 is 0. The smallest absolute Gasteiger partial charge is 0.255 e. The zero-order valence-corrected chi connectivity index (χ0v) is 10.6. The van der Waals surface area contributed by atoms with Crippen LogP contribution in [0.5, 0.6) is 0 Å². The van der Waals surface area contributed by atoms with Gasteiger partial charge in [-0.2, -0.15) is 5.26 Å². The molecule has 0 spiro atoms. The maximum atomic E-state index is 12.1. The van der Waals surface area contributed by atoms with E-state index in [1.54, 1.807) is 24.1 Å². The molecule has 0 aliphatic rings. The quantitative estimate of drug-likeness (QED) is 0.900. The van der Waals surface area contributed by atoms with Crippen LogP contribution in [-0.4, -0.2) is 34.4 Å². The van der Waals surface area contributed by atoms with Gasteiger partial charge in [-0.3, -0.25) is 4.79 Å². The fraction of sp³-hybridized carbons (Fsp3) is 0.214. The molecule has 2 aromatic rings. The Morgan fingerprint density at radius 3 is 2.89 bits per heavy atom. The summed E-state index contributed by atoms with van der Waals surface area (Å²) in [5.74, 6) is -0.0939. The third-order valence-electron chi connectivity index (χ3n) is 2.85. The number of rotatable bonds is 4. The average molecular weight is 254 g/mol. The van der Waals surface area contributed by atoms with E-state index in [1.807, 2.05) is 24.4 Å². The van der Waals surface area contributed by atoms with Gasteiger partial charge in [0.2, 0.25) is 0 Å². The van der Waals surface area contributed by atoms with Crippen LogP contribution < -0.4 is 0 Å². The van der Waals surface area contributed by atoms with Crippen LogP contribution in [0.1, 0.15) is 21.7 Å². The maximum absolute atomic E-state index is 12.1. The monoisotopic (exact) mass is 254 g/mol. The van der Waals surface area contributed by atoms with Gasteiger partial charge in [-0.05, 0) is 24.3 Å². The van der Waals surface area contributed by atoms with Crippen molar-refractivity contribution in [1.29, 1.82) is 5.26 Å². The number of nitrogens with one attached hydrogen (secondary N) is 1. The van der Waals surface area contributed by atoms with E-state index in [2.05, 4.69) is 9.97 Å². The zero-order valence-electron chi connectivity index (χ0n) is 10.6. The van der Waals surface area contributed by atoms with E-state index in [0.29, 0.717) is 17.8 Å². The van der Waals surface area contributed by atoms with Gasteiger partial charge in [-0.25, -0.2) is 4.98 Å². The number of H-pyrrole nitrogens is 1. The van der Waals surface area contributed by atoms with Gasteiger partial charge in [-0.15, -0.1) is 0 Å². The minimum absolute atomic E-state index is 0.0939. The third kappa shape index (κ3) is 3.19. The van der Waals surface area contributed by atoms with Gasteiger partial charge in [-0.1, -0.05) is 0 Å². The highest BCUT2D eigenvalue weighted by molar-refractivity contribution is 5.93. The molecule has 2 aromatic heterocycles. The van der Waals surface area contributed by atoms with Crippen molar-refractivity contribution in [2.45, 2.75) is 6.42 Å². The summed E-state index contributed by atoms with van der Waals surface area (Å²) in [6.07, 6.45) is 4.08. The van der Waals surface area contributed by atoms with Gasteiger partial charge in [0.1, 0.15) is 11.8 Å². The van der Waals surface area contributed by atoms with Crippen molar-refractivity contribution in [2.24, 2.45) is 0 Å². The molecule has 96 valence electrons. The maximum Gasteiger partial charge on any atom is 0.255 e. The Kier molecular flexibility index (Phi) is 3.94. The Labute approximate surface area is 111 Å². The third-order valence-corrected chi connectivity index (χ3v) is 2.85. The number of hydrogen-bond donors (Lipinski definition) is 1. The lowest BCUT2D eigenvalue weighted by Gasteiger charge is -2.16. The molecule has 0 saturated heterocycles. The van der Waals surface area contributed by atoms with E-state index >= 15 is 0 Å². The Hall–Kier alpha value is -2.61. The fourth-order valence-corrected chi connectivity index (χ4v) is 1.72. The highest BCUT2D eigenvalue weighted by Gasteiger charge is 2.12. The molecule has 0 saturated carbocycles. The second kappa shape index (κ2) is 5.83. The van der Waals surface area contributed by atoms with E-state index in [4.69, 9.17) is 5.26 Å². The highest BCUT2D eigenvalue weighted by Crippen LogP contribution is 2.05. The van der Waals surface area contributed by atoms with Crippen molar-refractivity contribution in [1.82, 2.24) is 14.9 Å².